The zero-order valence-corrected chi connectivity index (χ0v) is 21.9. The van der Waals surface area contributed by atoms with Crippen LogP contribution in [0.15, 0.2) is 12.1 Å². The molecule has 1 amide bonds. The van der Waals surface area contributed by atoms with Crippen LogP contribution in [-0.4, -0.2) is 87.2 Å². The molecule has 1 unspecified atom stereocenters. The summed E-state index contributed by atoms with van der Waals surface area (Å²) in [6.07, 6.45) is -5.69. The second kappa shape index (κ2) is 10.7. The van der Waals surface area contributed by atoms with Crippen molar-refractivity contribution in [1.29, 1.82) is 0 Å². The molecule has 2 fully saturated rings. The van der Waals surface area contributed by atoms with Crippen molar-refractivity contribution in [2.45, 2.75) is 45.5 Å². The summed E-state index contributed by atoms with van der Waals surface area (Å²) in [4.78, 5) is 27.8. The number of carbonyl (C=O) groups is 2. The molecule has 1 aromatic rings. The third kappa shape index (κ3) is 7.25. The smallest absolute Gasteiger partial charge is 0.425 e. The van der Waals surface area contributed by atoms with Crippen molar-refractivity contribution in [3.8, 4) is 5.75 Å². The normalized spacial score (nSPS) is 19.0. The zero-order valence-electron chi connectivity index (χ0n) is 20.4. The SMILES string of the molecule is Cc1ccc(CN2CCN(C(=O)OC(C)C(F)(F)F)CC2)c(OCC2(C(=O)CS(C)(=O)=O)CC2)c1Cl. The Labute approximate surface area is 213 Å². The van der Waals surface area contributed by atoms with Crippen molar-refractivity contribution in [3.05, 3.63) is 28.3 Å². The Balaban J connectivity index is 1.62. The van der Waals surface area contributed by atoms with E-state index in [1.165, 1.54) is 4.90 Å². The summed E-state index contributed by atoms with van der Waals surface area (Å²) < 4.78 is 71.6. The molecule has 1 saturated carbocycles. The molecule has 0 radical (unpaired) electrons. The summed E-state index contributed by atoms with van der Waals surface area (Å²) >= 11 is 6.52. The number of hydrogen-bond donors (Lipinski definition) is 0. The standard InChI is InChI=1S/C23H30ClF3N2O6S/c1-15-4-5-17(12-28-8-10-29(11-9-28)21(31)35-16(2)23(25,26)27)20(19(15)24)34-14-22(6-7-22)18(30)13-36(3,32)33/h4-5,16H,6-14H2,1-3H3. The van der Waals surface area contributed by atoms with E-state index in [9.17, 15) is 31.2 Å². The van der Waals surface area contributed by atoms with E-state index < -0.39 is 39.4 Å². The summed E-state index contributed by atoms with van der Waals surface area (Å²) in [7, 11) is -3.45. The minimum Gasteiger partial charge on any atom is -0.491 e. The lowest BCUT2D eigenvalue weighted by Crippen LogP contribution is -2.49. The first-order valence-electron chi connectivity index (χ1n) is 11.5. The maximum Gasteiger partial charge on any atom is 0.425 e. The van der Waals surface area contributed by atoms with Crippen LogP contribution in [0.5, 0.6) is 5.75 Å². The van der Waals surface area contributed by atoms with E-state index in [0.717, 1.165) is 24.3 Å². The van der Waals surface area contributed by atoms with Crippen LogP contribution in [0.25, 0.3) is 0 Å². The fourth-order valence-electron chi connectivity index (χ4n) is 3.85. The Morgan fingerprint density at radius 3 is 2.31 bits per heavy atom. The highest BCUT2D eigenvalue weighted by Gasteiger charge is 2.51. The number of rotatable bonds is 9. The highest BCUT2D eigenvalue weighted by Crippen LogP contribution is 2.48. The van der Waals surface area contributed by atoms with E-state index in [2.05, 4.69) is 4.74 Å². The number of hydrogen-bond acceptors (Lipinski definition) is 7. The van der Waals surface area contributed by atoms with Gasteiger partial charge in [-0.05, 0) is 32.3 Å². The van der Waals surface area contributed by atoms with Crippen molar-refractivity contribution in [2.24, 2.45) is 5.41 Å². The van der Waals surface area contributed by atoms with Gasteiger partial charge in [0.2, 0.25) is 0 Å². The molecule has 0 bridgehead atoms. The highest BCUT2D eigenvalue weighted by atomic mass is 35.5. The molecular formula is C23H30ClF3N2O6S. The average molecular weight is 555 g/mol. The summed E-state index contributed by atoms with van der Waals surface area (Å²) in [6.45, 7) is 4.22. The van der Waals surface area contributed by atoms with Gasteiger partial charge in [-0.15, -0.1) is 0 Å². The first-order chi connectivity index (χ1) is 16.6. The highest BCUT2D eigenvalue weighted by molar-refractivity contribution is 7.91. The van der Waals surface area contributed by atoms with Crippen LogP contribution in [0, 0.1) is 12.3 Å². The van der Waals surface area contributed by atoms with Gasteiger partial charge in [-0.25, -0.2) is 13.2 Å². The molecule has 0 aromatic heterocycles. The lowest BCUT2D eigenvalue weighted by atomic mass is 10.0. The first kappa shape index (κ1) is 28.5. The lowest BCUT2D eigenvalue weighted by molar-refractivity contribution is -0.200. The van der Waals surface area contributed by atoms with Crippen LogP contribution >= 0.6 is 11.6 Å². The fraction of sp³-hybridized carbons (Fsp3) is 0.652. The molecule has 1 aromatic carbocycles. The number of amides is 1. The minimum absolute atomic E-state index is 0.0224. The van der Waals surface area contributed by atoms with Crippen molar-refractivity contribution in [3.63, 3.8) is 0 Å². The zero-order chi connectivity index (χ0) is 26.9. The van der Waals surface area contributed by atoms with Gasteiger partial charge in [0.05, 0.1) is 10.4 Å². The van der Waals surface area contributed by atoms with Gasteiger partial charge in [-0.2, -0.15) is 13.2 Å². The number of benzene rings is 1. The van der Waals surface area contributed by atoms with E-state index in [-0.39, 0.29) is 25.5 Å². The molecule has 202 valence electrons. The van der Waals surface area contributed by atoms with Gasteiger partial charge in [0.15, 0.2) is 21.7 Å². The molecule has 1 aliphatic heterocycles. The van der Waals surface area contributed by atoms with E-state index >= 15 is 0 Å². The average Bonchev–Trinajstić information content (AvgIpc) is 3.56. The molecule has 1 atom stereocenters. The van der Waals surface area contributed by atoms with Gasteiger partial charge in [-0.3, -0.25) is 9.69 Å². The van der Waals surface area contributed by atoms with Gasteiger partial charge < -0.3 is 14.4 Å². The van der Waals surface area contributed by atoms with Crippen LogP contribution in [0.2, 0.25) is 5.02 Å². The van der Waals surface area contributed by atoms with Crippen LogP contribution in [0.1, 0.15) is 30.9 Å². The van der Waals surface area contributed by atoms with Crippen molar-refractivity contribution in [1.82, 2.24) is 9.80 Å². The van der Waals surface area contributed by atoms with Crippen LogP contribution in [0.4, 0.5) is 18.0 Å². The molecule has 0 N–H and O–H groups in total. The third-order valence-electron chi connectivity index (χ3n) is 6.47. The van der Waals surface area contributed by atoms with E-state index in [1.54, 1.807) is 0 Å². The lowest BCUT2D eigenvalue weighted by Gasteiger charge is -2.35. The van der Waals surface area contributed by atoms with Crippen molar-refractivity contribution in [2.75, 3.05) is 44.8 Å². The Kier molecular flexibility index (Phi) is 8.51. The molecule has 3 rings (SSSR count). The van der Waals surface area contributed by atoms with Gasteiger partial charge >= 0.3 is 12.3 Å². The molecule has 1 saturated heterocycles. The number of ether oxygens (including phenoxy) is 2. The van der Waals surface area contributed by atoms with Crippen LogP contribution < -0.4 is 4.74 Å². The summed E-state index contributed by atoms with van der Waals surface area (Å²) in [5.74, 6) is -0.478. The maximum absolute atomic E-state index is 12.7. The van der Waals surface area contributed by atoms with E-state index in [0.29, 0.717) is 43.2 Å². The molecule has 13 heteroatoms. The molecule has 1 heterocycles. The Bertz CT molecular complexity index is 1100. The van der Waals surface area contributed by atoms with Crippen LogP contribution in [0.3, 0.4) is 0 Å². The van der Waals surface area contributed by atoms with Crippen LogP contribution in [-0.2, 0) is 25.9 Å². The Morgan fingerprint density at radius 1 is 1.17 bits per heavy atom. The number of alkyl halides is 3. The molecule has 8 nitrogen and oxygen atoms in total. The summed E-state index contributed by atoms with van der Waals surface area (Å²) in [6, 6.07) is 3.68. The summed E-state index contributed by atoms with van der Waals surface area (Å²) in [5.41, 5.74) is 0.695. The van der Waals surface area contributed by atoms with Gasteiger partial charge in [0.1, 0.15) is 18.1 Å². The number of nitrogens with zero attached hydrogens (tertiary/aromatic N) is 2. The second-order valence-electron chi connectivity index (χ2n) is 9.58. The van der Waals surface area contributed by atoms with Gasteiger partial charge in [-0.1, -0.05) is 23.7 Å². The van der Waals surface area contributed by atoms with E-state index in [4.69, 9.17) is 16.3 Å². The second-order valence-corrected chi connectivity index (χ2v) is 12.1. The number of piperazine rings is 1. The molecular weight excluding hydrogens is 525 g/mol. The maximum atomic E-state index is 12.7. The molecule has 2 aliphatic rings. The molecule has 1 aliphatic carbocycles. The van der Waals surface area contributed by atoms with E-state index in [1.807, 2.05) is 24.0 Å². The topological polar surface area (TPSA) is 93.2 Å². The van der Waals surface area contributed by atoms with Crippen molar-refractivity contribution >= 4 is 33.3 Å². The third-order valence-corrected chi connectivity index (χ3v) is 7.72. The number of ketones is 1. The minimum atomic E-state index is -4.62. The van der Waals surface area contributed by atoms with Crippen molar-refractivity contribution < 1.29 is 40.7 Å². The molecule has 0 spiro atoms. The number of halogens is 4. The Hall–Kier alpha value is -2.05. The first-order valence-corrected chi connectivity index (χ1v) is 13.9. The van der Waals surface area contributed by atoms with Gasteiger partial charge in [0, 0.05) is 44.5 Å². The molecule has 36 heavy (non-hydrogen) atoms. The predicted octanol–water partition coefficient (Wildman–Crippen LogP) is 3.63. The predicted molar refractivity (Wildman–Crippen MR) is 127 cm³/mol. The number of sulfone groups is 1. The van der Waals surface area contributed by atoms with Gasteiger partial charge in [0.25, 0.3) is 0 Å². The number of aryl methyl sites for hydroxylation is 1. The quantitative estimate of drug-likeness (QED) is 0.460. The largest absolute Gasteiger partial charge is 0.491 e. The Morgan fingerprint density at radius 2 is 1.78 bits per heavy atom. The monoisotopic (exact) mass is 554 g/mol. The number of carbonyl (C=O) groups excluding carboxylic acids is 2. The fourth-order valence-corrected chi connectivity index (χ4v) is 4.87. The number of Topliss-reactive ketones (excluding diaryl/α,β-unsaturated/α-hetero) is 1. The summed E-state index contributed by atoms with van der Waals surface area (Å²) in [5, 5.41) is 0.391.